The third kappa shape index (κ3) is 1.99. The molecule has 0 aliphatic heterocycles. The van der Waals surface area contributed by atoms with E-state index in [9.17, 15) is 13.0 Å². The summed E-state index contributed by atoms with van der Waals surface area (Å²) in [5.41, 5.74) is 0. The van der Waals surface area contributed by atoms with Crippen LogP contribution in [0.15, 0.2) is 0 Å². The summed E-state index contributed by atoms with van der Waals surface area (Å²) in [6.45, 7) is -0.159. The minimum atomic E-state index is -5.13. The van der Waals surface area contributed by atoms with Gasteiger partial charge in [0.25, 0.3) is 0 Å². The molecule has 0 bridgehead atoms. The number of rotatable bonds is 4. The van der Waals surface area contributed by atoms with Crippen molar-refractivity contribution in [2.45, 2.75) is 24.3 Å². The number of hydrogen-bond acceptors (Lipinski definition) is 1. The fourth-order valence-electron chi connectivity index (χ4n) is 0.633. The topological polar surface area (TPSA) is 57.5 Å². The van der Waals surface area contributed by atoms with E-state index < -0.39 is 33.5 Å². The molecule has 0 fully saturated rings. The van der Waals surface area contributed by atoms with E-state index in [4.69, 9.17) is 9.11 Å². The molecule has 12 heavy (non-hydrogen) atoms. The van der Waals surface area contributed by atoms with Crippen molar-refractivity contribution in [1.29, 1.82) is 0 Å². The first kappa shape index (κ1) is 11.9. The molecule has 2 N–H and O–H groups in total. The van der Waals surface area contributed by atoms with Crippen LogP contribution in [-0.4, -0.2) is 37.2 Å². The van der Waals surface area contributed by atoms with Crippen molar-refractivity contribution in [3.05, 3.63) is 0 Å². The van der Waals surface area contributed by atoms with Crippen molar-refractivity contribution in [2.75, 3.05) is 13.3 Å². The summed E-state index contributed by atoms with van der Waals surface area (Å²) >= 11 is 0. The standard InChI is InChI=1S/C6H14F2O3S/c1-5(3-7)12(9,10,11)6(2)4-8/h5-6H,3-4H2,1-2H3,(H2,9,10,11). The second-order valence-electron chi connectivity index (χ2n) is 2.91. The van der Waals surface area contributed by atoms with Gasteiger partial charge in [-0.3, -0.25) is 0 Å². The average molecular weight is 204 g/mol. The van der Waals surface area contributed by atoms with E-state index in [1.807, 2.05) is 0 Å². The van der Waals surface area contributed by atoms with Crippen LogP contribution < -0.4 is 0 Å². The summed E-state index contributed by atoms with van der Waals surface area (Å²) in [5, 5.41) is -2.90. The monoisotopic (exact) mass is 204 g/mol. The molecule has 2 atom stereocenters. The van der Waals surface area contributed by atoms with E-state index in [2.05, 4.69) is 0 Å². The Morgan fingerprint density at radius 2 is 1.42 bits per heavy atom. The molecular weight excluding hydrogens is 190 g/mol. The van der Waals surface area contributed by atoms with Crippen molar-refractivity contribution in [1.82, 2.24) is 0 Å². The molecule has 0 aromatic carbocycles. The third-order valence-corrected chi connectivity index (χ3v) is 5.23. The first-order valence-corrected chi connectivity index (χ1v) is 5.52. The molecule has 6 heteroatoms. The minimum Gasteiger partial charge on any atom is -0.307 e. The van der Waals surface area contributed by atoms with Crippen LogP contribution in [0.2, 0.25) is 0 Å². The highest BCUT2D eigenvalue weighted by atomic mass is 32.3. The van der Waals surface area contributed by atoms with Crippen molar-refractivity contribution >= 4 is 9.63 Å². The highest BCUT2D eigenvalue weighted by molar-refractivity contribution is 8.11. The first-order chi connectivity index (χ1) is 5.24. The van der Waals surface area contributed by atoms with Crippen molar-refractivity contribution in [3.63, 3.8) is 0 Å². The van der Waals surface area contributed by atoms with Crippen molar-refractivity contribution < 1.29 is 22.1 Å². The predicted molar refractivity (Wildman–Crippen MR) is 44.3 cm³/mol. The van der Waals surface area contributed by atoms with Crippen molar-refractivity contribution in [2.24, 2.45) is 0 Å². The second kappa shape index (κ2) is 3.35. The van der Waals surface area contributed by atoms with Gasteiger partial charge in [0.05, 0.1) is 20.1 Å². The lowest BCUT2D eigenvalue weighted by Crippen LogP contribution is -2.52. The van der Waals surface area contributed by atoms with E-state index in [0.717, 1.165) is 13.8 Å². The smallest absolute Gasteiger partial charge is 0.106 e. The van der Waals surface area contributed by atoms with Gasteiger partial charge in [-0.2, -0.15) is 0 Å². The molecule has 0 amide bonds. The van der Waals surface area contributed by atoms with Crippen LogP contribution in [0, 0.1) is 0 Å². The molecule has 0 aliphatic carbocycles. The van der Waals surface area contributed by atoms with Gasteiger partial charge in [0.15, 0.2) is 0 Å². The zero-order valence-electron chi connectivity index (χ0n) is 7.04. The van der Waals surface area contributed by atoms with Crippen molar-refractivity contribution in [3.8, 4) is 0 Å². The van der Waals surface area contributed by atoms with E-state index in [1.54, 1.807) is 0 Å². The van der Waals surface area contributed by atoms with Gasteiger partial charge in [-0.05, 0) is 13.8 Å². The summed E-state index contributed by atoms with van der Waals surface area (Å²) < 4.78 is 53.6. The van der Waals surface area contributed by atoms with Crippen LogP contribution >= 0.6 is 0 Å². The van der Waals surface area contributed by atoms with E-state index in [0.29, 0.717) is 0 Å². The van der Waals surface area contributed by atoms with Gasteiger partial charge in [-0.15, -0.1) is 0 Å². The number of alkyl halides is 2. The van der Waals surface area contributed by atoms with Gasteiger partial charge < -0.3 is 9.11 Å². The van der Waals surface area contributed by atoms with Gasteiger partial charge >= 0.3 is 0 Å². The Morgan fingerprint density at radius 3 is 1.58 bits per heavy atom. The van der Waals surface area contributed by atoms with E-state index in [-0.39, 0.29) is 0 Å². The molecule has 0 aromatic rings. The molecule has 0 heterocycles. The maximum Gasteiger partial charge on any atom is 0.106 e. The quantitative estimate of drug-likeness (QED) is 0.729. The zero-order chi connectivity index (χ0) is 10.0. The molecular formula is C6H14F2O3S. The summed E-state index contributed by atoms with van der Waals surface area (Å²) in [6.07, 6.45) is 0. The van der Waals surface area contributed by atoms with Gasteiger partial charge in [0.1, 0.15) is 13.3 Å². The SMILES string of the molecule is CC(CF)S(=O)(O)(O)C(C)CF. The van der Waals surface area contributed by atoms with E-state index in [1.165, 1.54) is 0 Å². The second-order valence-corrected chi connectivity index (χ2v) is 6.48. The van der Waals surface area contributed by atoms with Crippen LogP contribution in [0.25, 0.3) is 0 Å². The summed E-state index contributed by atoms with van der Waals surface area (Å²) in [6, 6.07) is 0. The summed E-state index contributed by atoms with van der Waals surface area (Å²) in [7, 11) is -5.13. The molecule has 0 saturated heterocycles. The number of halogens is 2. The van der Waals surface area contributed by atoms with Crippen LogP contribution in [0.4, 0.5) is 8.78 Å². The van der Waals surface area contributed by atoms with Crippen LogP contribution in [-0.2, 0) is 9.63 Å². The fourth-order valence-corrected chi connectivity index (χ4v) is 1.90. The first-order valence-electron chi connectivity index (χ1n) is 3.51. The maximum atomic E-state index is 12.0. The maximum absolute atomic E-state index is 12.0. The van der Waals surface area contributed by atoms with E-state index >= 15 is 0 Å². The molecule has 0 aliphatic rings. The predicted octanol–water partition coefficient (Wildman–Crippen LogP) is 1.47. The van der Waals surface area contributed by atoms with Gasteiger partial charge in [-0.1, -0.05) is 0 Å². The van der Waals surface area contributed by atoms with Gasteiger partial charge in [0, 0.05) is 0 Å². The van der Waals surface area contributed by atoms with Gasteiger partial charge in [-0.25, -0.2) is 13.0 Å². The zero-order valence-corrected chi connectivity index (χ0v) is 7.85. The normalized spacial score (nSPS) is 21.0. The molecule has 76 valence electrons. The van der Waals surface area contributed by atoms with Crippen LogP contribution in [0.1, 0.15) is 13.8 Å². The molecule has 0 radical (unpaired) electrons. The summed E-state index contributed by atoms with van der Waals surface area (Å²) in [4.78, 5) is 0. The Kier molecular flexibility index (Phi) is 3.33. The Bertz CT molecular complexity index is 197. The Labute approximate surface area is 70.2 Å². The highest BCUT2D eigenvalue weighted by Gasteiger charge is 2.43. The largest absolute Gasteiger partial charge is 0.307 e. The minimum absolute atomic E-state index is 1.07. The third-order valence-electron chi connectivity index (χ3n) is 1.95. The Morgan fingerprint density at radius 1 is 1.17 bits per heavy atom. The lowest BCUT2D eigenvalue weighted by atomic mass is 10.5. The lowest BCUT2D eigenvalue weighted by molar-refractivity contribution is 0.332. The highest BCUT2D eigenvalue weighted by Crippen LogP contribution is 2.29. The summed E-state index contributed by atoms with van der Waals surface area (Å²) in [5.74, 6) is 0. The Hall–Kier alpha value is -0.0700. The fraction of sp³-hybridized carbons (Fsp3) is 1.00. The lowest BCUT2D eigenvalue weighted by Gasteiger charge is -2.39. The molecule has 0 rings (SSSR count). The van der Waals surface area contributed by atoms with Crippen LogP contribution in [0.3, 0.4) is 0 Å². The molecule has 0 saturated carbocycles. The number of hydrogen-bond donors (Lipinski definition) is 2. The molecule has 2 unspecified atom stereocenters. The van der Waals surface area contributed by atoms with Crippen LogP contribution in [0.5, 0.6) is 0 Å². The Balaban J connectivity index is 4.84. The molecule has 3 nitrogen and oxygen atoms in total. The average Bonchev–Trinajstić information content (AvgIpc) is 2.00. The van der Waals surface area contributed by atoms with Gasteiger partial charge in [0.2, 0.25) is 0 Å². The molecule has 0 spiro atoms. The molecule has 0 aromatic heterocycles.